The van der Waals surface area contributed by atoms with Gasteiger partial charge in [-0.15, -0.1) is 0 Å². The van der Waals surface area contributed by atoms with Crippen molar-refractivity contribution < 1.29 is 4.74 Å². The summed E-state index contributed by atoms with van der Waals surface area (Å²) in [6.45, 7) is 8.85. The van der Waals surface area contributed by atoms with Gasteiger partial charge in [-0.05, 0) is 38.1 Å². The molecule has 2 unspecified atom stereocenters. The molecule has 2 fully saturated rings. The molecule has 0 spiro atoms. The minimum Gasteiger partial charge on any atom is -0.376 e. The maximum absolute atomic E-state index is 9.70. The van der Waals surface area contributed by atoms with Crippen LogP contribution in [0, 0.1) is 17.2 Å². The zero-order chi connectivity index (χ0) is 13.7. The van der Waals surface area contributed by atoms with Crippen molar-refractivity contribution in [2.24, 2.45) is 5.92 Å². The number of nitriles is 1. The standard InChI is InChI=1S/C15H27N3O/c1-3-7-17-15(11-16,13-5-6-13)12-18-8-9-19-14(4-2)10-18/h13-14,17H,3-10,12H2,1-2H3. The van der Waals surface area contributed by atoms with Crippen LogP contribution >= 0.6 is 0 Å². The Morgan fingerprint density at radius 2 is 2.21 bits per heavy atom. The van der Waals surface area contributed by atoms with Gasteiger partial charge in [-0.3, -0.25) is 10.2 Å². The van der Waals surface area contributed by atoms with E-state index < -0.39 is 0 Å². The molecule has 1 saturated carbocycles. The molecule has 1 aliphatic carbocycles. The number of rotatable bonds is 7. The van der Waals surface area contributed by atoms with Crippen LogP contribution in [0.25, 0.3) is 0 Å². The molecule has 1 saturated heterocycles. The smallest absolute Gasteiger partial charge is 0.122 e. The molecule has 0 radical (unpaired) electrons. The number of hydrogen-bond acceptors (Lipinski definition) is 4. The van der Waals surface area contributed by atoms with E-state index >= 15 is 0 Å². The van der Waals surface area contributed by atoms with Gasteiger partial charge in [0.2, 0.25) is 0 Å². The first-order chi connectivity index (χ1) is 9.24. The van der Waals surface area contributed by atoms with Crippen molar-refractivity contribution in [3.05, 3.63) is 0 Å². The number of nitrogens with one attached hydrogen (secondary N) is 1. The molecule has 1 N–H and O–H groups in total. The van der Waals surface area contributed by atoms with E-state index in [1.54, 1.807) is 0 Å². The Morgan fingerprint density at radius 3 is 2.79 bits per heavy atom. The highest BCUT2D eigenvalue weighted by atomic mass is 16.5. The average molecular weight is 265 g/mol. The van der Waals surface area contributed by atoms with Gasteiger partial charge in [0.05, 0.1) is 18.8 Å². The number of ether oxygens (including phenoxy) is 1. The van der Waals surface area contributed by atoms with Crippen molar-refractivity contribution in [2.75, 3.05) is 32.8 Å². The zero-order valence-electron chi connectivity index (χ0n) is 12.3. The third-order valence-corrected chi connectivity index (χ3v) is 4.32. The molecule has 4 nitrogen and oxygen atoms in total. The fourth-order valence-corrected chi connectivity index (χ4v) is 2.94. The maximum Gasteiger partial charge on any atom is 0.122 e. The molecule has 1 aliphatic heterocycles. The Morgan fingerprint density at radius 1 is 1.42 bits per heavy atom. The summed E-state index contributed by atoms with van der Waals surface area (Å²) >= 11 is 0. The summed E-state index contributed by atoms with van der Waals surface area (Å²) in [5.74, 6) is 0.548. The lowest BCUT2D eigenvalue weighted by Crippen LogP contribution is -2.57. The van der Waals surface area contributed by atoms with E-state index in [1.807, 2.05) is 0 Å². The molecular weight excluding hydrogens is 238 g/mol. The summed E-state index contributed by atoms with van der Waals surface area (Å²) < 4.78 is 5.72. The third-order valence-electron chi connectivity index (χ3n) is 4.32. The highest BCUT2D eigenvalue weighted by molar-refractivity contribution is 5.16. The minimum absolute atomic E-state index is 0.328. The van der Waals surface area contributed by atoms with Gasteiger partial charge < -0.3 is 4.74 Å². The van der Waals surface area contributed by atoms with E-state index in [0.29, 0.717) is 12.0 Å². The molecule has 0 amide bonds. The molecule has 2 aliphatic rings. The van der Waals surface area contributed by atoms with Crippen LogP contribution in [0.15, 0.2) is 0 Å². The quantitative estimate of drug-likeness (QED) is 0.762. The van der Waals surface area contributed by atoms with E-state index in [2.05, 4.69) is 30.1 Å². The Balaban J connectivity index is 1.97. The second-order valence-corrected chi connectivity index (χ2v) is 5.92. The molecule has 108 valence electrons. The number of hydrogen-bond donors (Lipinski definition) is 1. The van der Waals surface area contributed by atoms with Crippen LogP contribution in [0.5, 0.6) is 0 Å². The van der Waals surface area contributed by atoms with Crippen LogP contribution in [-0.4, -0.2) is 49.3 Å². The van der Waals surface area contributed by atoms with Gasteiger partial charge in [-0.25, -0.2) is 0 Å². The first-order valence-corrected chi connectivity index (χ1v) is 7.74. The summed E-state index contributed by atoms with van der Waals surface area (Å²) in [7, 11) is 0. The van der Waals surface area contributed by atoms with Crippen LogP contribution in [0.2, 0.25) is 0 Å². The van der Waals surface area contributed by atoms with Crippen LogP contribution in [0.1, 0.15) is 39.5 Å². The average Bonchev–Trinajstić information content (AvgIpc) is 3.28. The third kappa shape index (κ3) is 3.68. The predicted octanol–water partition coefficient (Wildman–Crippen LogP) is 1.77. The maximum atomic E-state index is 9.70. The largest absolute Gasteiger partial charge is 0.376 e. The summed E-state index contributed by atoms with van der Waals surface area (Å²) in [4.78, 5) is 2.42. The molecule has 0 aromatic carbocycles. The van der Waals surface area contributed by atoms with Gasteiger partial charge in [0.1, 0.15) is 5.54 Å². The Labute approximate surface area is 117 Å². The van der Waals surface area contributed by atoms with Gasteiger partial charge in [0.25, 0.3) is 0 Å². The van der Waals surface area contributed by atoms with E-state index in [4.69, 9.17) is 4.74 Å². The van der Waals surface area contributed by atoms with Crippen LogP contribution in [-0.2, 0) is 4.74 Å². The SMILES string of the molecule is CCCNC(C#N)(CN1CCOC(CC)C1)C1CC1. The summed E-state index contributed by atoms with van der Waals surface area (Å²) in [6.07, 6.45) is 4.88. The minimum atomic E-state index is -0.328. The second kappa shape index (κ2) is 6.69. The molecule has 0 bridgehead atoms. The molecule has 1 heterocycles. The summed E-state index contributed by atoms with van der Waals surface area (Å²) in [5, 5.41) is 13.2. The zero-order valence-corrected chi connectivity index (χ0v) is 12.3. The molecule has 2 atom stereocenters. The number of morpholine rings is 1. The molecule has 2 rings (SSSR count). The highest BCUT2D eigenvalue weighted by Gasteiger charge is 2.46. The Bertz CT molecular complexity index is 324. The van der Waals surface area contributed by atoms with Crippen molar-refractivity contribution in [1.29, 1.82) is 5.26 Å². The molecule has 0 aromatic rings. The first kappa shape index (κ1) is 14.8. The topological polar surface area (TPSA) is 48.3 Å². The van der Waals surface area contributed by atoms with Crippen molar-refractivity contribution in [3.8, 4) is 6.07 Å². The van der Waals surface area contributed by atoms with Gasteiger partial charge in [-0.1, -0.05) is 13.8 Å². The molecule has 0 aromatic heterocycles. The van der Waals surface area contributed by atoms with Crippen molar-refractivity contribution >= 4 is 0 Å². The van der Waals surface area contributed by atoms with Crippen LogP contribution in [0.4, 0.5) is 0 Å². The number of nitrogens with zero attached hydrogens (tertiary/aromatic N) is 2. The van der Waals surface area contributed by atoms with E-state index in [0.717, 1.165) is 45.6 Å². The summed E-state index contributed by atoms with van der Waals surface area (Å²) in [6, 6.07) is 2.60. The van der Waals surface area contributed by atoms with Crippen LogP contribution < -0.4 is 5.32 Å². The lowest BCUT2D eigenvalue weighted by atomic mass is 9.93. The molecule has 4 heteroatoms. The lowest BCUT2D eigenvalue weighted by molar-refractivity contribution is -0.0360. The second-order valence-electron chi connectivity index (χ2n) is 5.92. The molecular formula is C15H27N3O. The first-order valence-electron chi connectivity index (χ1n) is 7.74. The highest BCUT2D eigenvalue weighted by Crippen LogP contribution is 2.40. The van der Waals surface area contributed by atoms with Gasteiger partial charge in [-0.2, -0.15) is 5.26 Å². The fraction of sp³-hybridized carbons (Fsp3) is 0.933. The predicted molar refractivity (Wildman–Crippen MR) is 75.8 cm³/mol. The van der Waals surface area contributed by atoms with E-state index in [9.17, 15) is 5.26 Å². The molecule has 19 heavy (non-hydrogen) atoms. The van der Waals surface area contributed by atoms with Crippen LogP contribution in [0.3, 0.4) is 0 Å². The normalized spacial score (nSPS) is 27.7. The lowest BCUT2D eigenvalue weighted by Gasteiger charge is -2.38. The van der Waals surface area contributed by atoms with Crippen molar-refractivity contribution in [2.45, 2.75) is 51.2 Å². The Hall–Kier alpha value is -0.630. The van der Waals surface area contributed by atoms with Crippen molar-refractivity contribution in [3.63, 3.8) is 0 Å². The van der Waals surface area contributed by atoms with Gasteiger partial charge in [0.15, 0.2) is 0 Å². The van der Waals surface area contributed by atoms with Gasteiger partial charge in [0, 0.05) is 19.6 Å². The Kier molecular flexibility index (Phi) is 5.20. The fourth-order valence-electron chi connectivity index (χ4n) is 2.94. The van der Waals surface area contributed by atoms with Gasteiger partial charge >= 0.3 is 0 Å². The van der Waals surface area contributed by atoms with E-state index in [-0.39, 0.29) is 5.54 Å². The monoisotopic (exact) mass is 265 g/mol. The van der Waals surface area contributed by atoms with E-state index in [1.165, 1.54) is 12.8 Å². The van der Waals surface area contributed by atoms with Crippen molar-refractivity contribution in [1.82, 2.24) is 10.2 Å². The summed E-state index contributed by atoms with van der Waals surface area (Å²) in [5.41, 5.74) is -0.328.